The third-order valence-electron chi connectivity index (χ3n) is 5.49. The van der Waals surface area contributed by atoms with Crippen LogP contribution in [0.2, 0.25) is 0 Å². The number of rotatable bonds is 4. The lowest BCUT2D eigenvalue weighted by Crippen LogP contribution is -2.43. The van der Waals surface area contributed by atoms with Crippen molar-refractivity contribution in [3.05, 3.63) is 18.2 Å². The highest BCUT2D eigenvalue weighted by atomic mass is 16.6. The lowest BCUT2D eigenvalue weighted by atomic mass is 10.0. The van der Waals surface area contributed by atoms with E-state index in [0.717, 1.165) is 6.42 Å². The van der Waals surface area contributed by atoms with Crippen LogP contribution in [0.15, 0.2) is 18.2 Å². The average Bonchev–Trinajstić information content (AvgIpc) is 3.28. The standard InChI is InChI=1S/C19H22N2O6/c22-17-8-11(18(23)20-14-3-1-2-13(14)19(24)25)10-21(17)12-4-5-15-16(9-12)27-7-6-26-15/h4-5,9,11,13-14H,1-3,6-8,10H2,(H,20,23)(H,24,25)/t11?,13-,14+/m1/s1. The second-order valence-corrected chi connectivity index (χ2v) is 7.22. The Morgan fingerprint density at radius 1 is 1.15 bits per heavy atom. The molecule has 2 heterocycles. The molecular formula is C19H22N2O6. The van der Waals surface area contributed by atoms with Gasteiger partial charge in [-0.3, -0.25) is 14.4 Å². The molecule has 2 N–H and O–H groups in total. The van der Waals surface area contributed by atoms with Crippen LogP contribution in [0.4, 0.5) is 5.69 Å². The molecular weight excluding hydrogens is 352 g/mol. The van der Waals surface area contributed by atoms with Crippen LogP contribution in [0.5, 0.6) is 11.5 Å². The second-order valence-electron chi connectivity index (χ2n) is 7.22. The number of carbonyl (C=O) groups excluding carboxylic acids is 2. The molecule has 1 aromatic carbocycles. The number of nitrogens with zero attached hydrogens (tertiary/aromatic N) is 1. The monoisotopic (exact) mass is 374 g/mol. The van der Waals surface area contributed by atoms with Crippen molar-refractivity contribution in [2.75, 3.05) is 24.7 Å². The van der Waals surface area contributed by atoms with Crippen LogP contribution < -0.4 is 19.7 Å². The molecule has 27 heavy (non-hydrogen) atoms. The fourth-order valence-corrected chi connectivity index (χ4v) is 4.06. The maximum atomic E-state index is 12.6. The largest absolute Gasteiger partial charge is 0.486 e. The maximum absolute atomic E-state index is 12.6. The Hall–Kier alpha value is -2.77. The number of anilines is 1. The number of aliphatic carboxylic acids is 1. The Morgan fingerprint density at radius 3 is 2.70 bits per heavy atom. The highest BCUT2D eigenvalue weighted by Gasteiger charge is 2.39. The van der Waals surface area contributed by atoms with Gasteiger partial charge in [-0.15, -0.1) is 0 Å². The summed E-state index contributed by atoms with van der Waals surface area (Å²) >= 11 is 0. The summed E-state index contributed by atoms with van der Waals surface area (Å²) in [6.07, 6.45) is 2.14. The van der Waals surface area contributed by atoms with Gasteiger partial charge in [-0.1, -0.05) is 6.42 Å². The van der Waals surface area contributed by atoms with Crippen molar-refractivity contribution in [2.45, 2.75) is 31.7 Å². The lowest BCUT2D eigenvalue weighted by Gasteiger charge is -2.22. The zero-order valence-corrected chi connectivity index (χ0v) is 14.8. The van der Waals surface area contributed by atoms with E-state index in [1.54, 1.807) is 23.1 Å². The highest BCUT2D eigenvalue weighted by molar-refractivity contribution is 6.00. The third-order valence-corrected chi connectivity index (χ3v) is 5.49. The van der Waals surface area contributed by atoms with Crippen LogP contribution in [0, 0.1) is 11.8 Å². The SMILES string of the molecule is O=C(N[C@H]1CCC[C@H]1C(=O)O)C1CC(=O)N(c2ccc3c(c2)OCCO3)C1. The van der Waals surface area contributed by atoms with Crippen LogP contribution in [0.1, 0.15) is 25.7 Å². The van der Waals surface area contributed by atoms with Crippen molar-refractivity contribution in [3.63, 3.8) is 0 Å². The third kappa shape index (κ3) is 3.43. The normalized spacial score (nSPS) is 26.9. The molecule has 1 saturated heterocycles. The van der Waals surface area contributed by atoms with E-state index in [1.807, 2.05) is 0 Å². The lowest BCUT2D eigenvalue weighted by molar-refractivity contribution is -0.142. The summed E-state index contributed by atoms with van der Waals surface area (Å²) in [5, 5.41) is 12.1. The first-order chi connectivity index (χ1) is 13.0. The Bertz CT molecular complexity index is 779. The molecule has 0 spiro atoms. The molecule has 2 fully saturated rings. The summed E-state index contributed by atoms with van der Waals surface area (Å²) in [6.45, 7) is 1.23. The minimum Gasteiger partial charge on any atom is -0.486 e. The van der Waals surface area contributed by atoms with Crippen LogP contribution in [0.3, 0.4) is 0 Å². The number of carboxylic acids is 1. The van der Waals surface area contributed by atoms with Gasteiger partial charge in [0.05, 0.1) is 11.8 Å². The number of amides is 2. The van der Waals surface area contributed by atoms with Crippen LogP contribution in [-0.4, -0.2) is 48.7 Å². The summed E-state index contributed by atoms with van der Waals surface area (Å²) in [7, 11) is 0. The molecule has 0 bridgehead atoms. The van der Waals surface area contributed by atoms with E-state index >= 15 is 0 Å². The van der Waals surface area contributed by atoms with Gasteiger partial charge < -0.3 is 24.8 Å². The van der Waals surface area contributed by atoms with Gasteiger partial charge in [0, 0.05) is 30.8 Å². The van der Waals surface area contributed by atoms with E-state index in [4.69, 9.17) is 9.47 Å². The van der Waals surface area contributed by atoms with Crippen LogP contribution in [0.25, 0.3) is 0 Å². The first-order valence-corrected chi connectivity index (χ1v) is 9.26. The summed E-state index contributed by atoms with van der Waals surface area (Å²) < 4.78 is 11.0. The Balaban J connectivity index is 1.43. The minimum atomic E-state index is -0.877. The zero-order valence-electron chi connectivity index (χ0n) is 14.8. The fourth-order valence-electron chi connectivity index (χ4n) is 4.06. The topological polar surface area (TPSA) is 105 Å². The van der Waals surface area contributed by atoms with Gasteiger partial charge in [0.15, 0.2) is 11.5 Å². The summed E-state index contributed by atoms with van der Waals surface area (Å²) in [6, 6.07) is 4.95. The number of hydrogen-bond acceptors (Lipinski definition) is 5. The number of nitrogens with one attached hydrogen (secondary N) is 1. The molecule has 1 saturated carbocycles. The van der Waals surface area contributed by atoms with E-state index in [1.165, 1.54) is 0 Å². The van der Waals surface area contributed by atoms with E-state index in [9.17, 15) is 19.5 Å². The van der Waals surface area contributed by atoms with Crippen molar-refractivity contribution in [1.29, 1.82) is 0 Å². The molecule has 4 rings (SSSR count). The Kier molecular flexibility index (Phi) is 4.63. The number of carbonyl (C=O) groups is 3. The number of benzene rings is 1. The van der Waals surface area contributed by atoms with Gasteiger partial charge in [-0.25, -0.2) is 0 Å². The predicted octanol–water partition coefficient (Wildman–Crippen LogP) is 1.18. The van der Waals surface area contributed by atoms with Gasteiger partial charge in [-0.2, -0.15) is 0 Å². The van der Waals surface area contributed by atoms with E-state index < -0.39 is 17.8 Å². The van der Waals surface area contributed by atoms with Gasteiger partial charge in [-0.05, 0) is 25.0 Å². The molecule has 144 valence electrons. The second kappa shape index (κ2) is 7.09. The van der Waals surface area contributed by atoms with Crippen molar-refractivity contribution >= 4 is 23.5 Å². The summed E-state index contributed by atoms with van der Waals surface area (Å²) in [5.41, 5.74) is 0.670. The number of hydrogen-bond donors (Lipinski definition) is 2. The first-order valence-electron chi connectivity index (χ1n) is 9.26. The maximum Gasteiger partial charge on any atom is 0.308 e. The number of ether oxygens (including phenoxy) is 2. The summed E-state index contributed by atoms with van der Waals surface area (Å²) in [5.74, 6) is -1.05. The predicted molar refractivity (Wildman–Crippen MR) is 94.8 cm³/mol. The van der Waals surface area contributed by atoms with Crippen LogP contribution >= 0.6 is 0 Å². The molecule has 0 aromatic heterocycles. The van der Waals surface area contributed by atoms with Gasteiger partial charge in [0.2, 0.25) is 11.8 Å². The van der Waals surface area contributed by atoms with Crippen LogP contribution in [-0.2, 0) is 14.4 Å². The molecule has 0 radical (unpaired) electrons. The Labute approximate surface area is 156 Å². The summed E-state index contributed by atoms with van der Waals surface area (Å²) in [4.78, 5) is 37.9. The molecule has 1 aromatic rings. The number of carboxylic acid groups (broad SMARTS) is 1. The van der Waals surface area contributed by atoms with Gasteiger partial charge >= 0.3 is 5.97 Å². The van der Waals surface area contributed by atoms with Gasteiger partial charge in [0.1, 0.15) is 13.2 Å². The molecule has 2 amide bonds. The fraction of sp³-hybridized carbons (Fsp3) is 0.526. The zero-order chi connectivity index (χ0) is 19.0. The van der Waals surface area contributed by atoms with E-state index in [-0.39, 0.29) is 30.8 Å². The van der Waals surface area contributed by atoms with Crippen molar-refractivity contribution in [1.82, 2.24) is 5.32 Å². The quantitative estimate of drug-likeness (QED) is 0.820. The molecule has 3 aliphatic rings. The minimum absolute atomic E-state index is 0.116. The van der Waals surface area contributed by atoms with Crippen molar-refractivity contribution in [2.24, 2.45) is 11.8 Å². The number of fused-ring (bicyclic) bond motifs is 1. The smallest absolute Gasteiger partial charge is 0.308 e. The molecule has 1 aliphatic carbocycles. The van der Waals surface area contributed by atoms with Crippen molar-refractivity contribution < 1.29 is 29.0 Å². The Morgan fingerprint density at radius 2 is 1.93 bits per heavy atom. The molecule has 8 nitrogen and oxygen atoms in total. The molecule has 3 atom stereocenters. The average molecular weight is 374 g/mol. The van der Waals surface area contributed by atoms with Crippen molar-refractivity contribution in [3.8, 4) is 11.5 Å². The molecule has 8 heteroatoms. The molecule has 1 unspecified atom stereocenters. The van der Waals surface area contributed by atoms with E-state index in [0.29, 0.717) is 43.2 Å². The molecule has 2 aliphatic heterocycles. The highest BCUT2D eigenvalue weighted by Crippen LogP contribution is 2.36. The van der Waals surface area contributed by atoms with E-state index in [2.05, 4.69) is 5.32 Å². The first kappa shape index (κ1) is 17.6. The van der Waals surface area contributed by atoms with Gasteiger partial charge in [0.25, 0.3) is 0 Å².